The zero-order valence-corrected chi connectivity index (χ0v) is 14.9. The molecule has 0 radical (unpaired) electrons. The smallest absolute Gasteiger partial charge is 0.337 e. The fraction of sp³-hybridized carbons (Fsp3) is 0.158. The number of anilines is 1. The molecule has 0 atom stereocenters. The van der Waals surface area contributed by atoms with Crippen LogP contribution in [0.3, 0.4) is 0 Å². The van der Waals surface area contributed by atoms with Crippen LogP contribution in [0, 0.1) is 0 Å². The number of furan rings is 1. The van der Waals surface area contributed by atoms with Crippen LogP contribution >= 0.6 is 11.6 Å². The van der Waals surface area contributed by atoms with Crippen molar-refractivity contribution in [3.8, 4) is 0 Å². The zero-order valence-electron chi connectivity index (χ0n) is 14.2. The number of ether oxygens (including phenoxy) is 2. The second-order valence-electron chi connectivity index (χ2n) is 5.48. The highest BCUT2D eigenvalue weighted by atomic mass is 35.5. The maximum absolute atomic E-state index is 12.7. The van der Waals surface area contributed by atoms with Gasteiger partial charge in [0.2, 0.25) is 0 Å². The molecule has 2 aromatic carbocycles. The molecule has 0 bridgehead atoms. The number of carbonyl (C=O) groups is 2. The van der Waals surface area contributed by atoms with Crippen molar-refractivity contribution in [2.75, 3.05) is 19.5 Å². The summed E-state index contributed by atoms with van der Waals surface area (Å²) in [5.41, 5.74) is 1.78. The summed E-state index contributed by atoms with van der Waals surface area (Å²) >= 11 is 6.13. The Morgan fingerprint density at radius 2 is 1.92 bits per heavy atom. The van der Waals surface area contributed by atoms with Crippen molar-refractivity contribution in [3.05, 3.63) is 64.4 Å². The normalized spacial score (nSPS) is 10.7. The Morgan fingerprint density at radius 1 is 1.15 bits per heavy atom. The Bertz CT molecular complexity index is 979. The highest BCUT2D eigenvalue weighted by Crippen LogP contribution is 2.29. The van der Waals surface area contributed by atoms with Gasteiger partial charge in [-0.15, -0.1) is 0 Å². The molecule has 3 rings (SSSR count). The molecule has 1 heterocycles. The summed E-state index contributed by atoms with van der Waals surface area (Å²) in [6.07, 6.45) is 0. The number of methoxy groups -OCH3 is 2. The lowest BCUT2D eigenvalue weighted by Crippen LogP contribution is -2.14. The first kappa shape index (κ1) is 18.0. The van der Waals surface area contributed by atoms with Crippen LogP contribution < -0.4 is 5.32 Å². The monoisotopic (exact) mass is 373 g/mol. The number of carbonyl (C=O) groups excluding carboxylic acids is 2. The van der Waals surface area contributed by atoms with Crippen LogP contribution in [-0.2, 0) is 16.1 Å². The average molecular weight is 374 g/mol. The number of benzene rings is 2. The molecular formula is C19H16ClNO5. The lowest BCUT2D eigenvalue weighted by Gasteiger charge is -2.09. The van der Waals surface area contributed by atoms with Gasteiger partial charge in [-0.3, -0.25) is 4.79 Å². The number of hydrogen-bond acceptors (Lipinski definition) is 5. The maximum Gasteiger partial charge on any atom is 0.337 e. The van der Waals surface area contributed by atoms with E-state index in [1.165, 1.54) is 25.3 Å². The molecule has 1 amide bonds. The molecule has 7 heteroatoms. The maximum atomic E-state index is 12.7. The van der Waals surface area contributed by atoms with Gasteiger partial charge < -0.3 is 19.2 Å². The van der Waals surface area contributed by atoms with Crippen LogP contribution in [0.4, 0.5) is 5.69 Å². The Labute approximate surface area is 154 Å². The third-order valence-corrected chi connectivity index (χ3v) is 4.16. The number of nitrogens with one attached hydrogen (secondary N) is 1. The molecule has 0 saturated heterocycles. The van der Waals surface area contributed by atoms with E-state index in [1.807, 2.05) is 18.2 Å². The molecule has 0 spiro atoms. The molecule has 26 heavy (non-hydrogen) atoms. The highest BCUT2D eigenvalue weighted by Gasteiger charge is 2.21. The Kier molecular flexibility index (Phi) is 5.25. The Morgan fingerprint density at radius 3 is 2.65 bits per heavy atom. The van der Waals surface area contributed by atoms with Crippen LogP contribution in [-0.4, -0.2) is 26.1 Å². The lowest BCUT2D eigenvalue weighted by molar-refractivity contribution is 0.0600. The fourth-order valence-electron chi connectivity index (χ4n) is 2.61. The number of hydrogen-bond donors (Lipinski definition) is 1. The molecule has 0 aliphatic heterocycles. The van der Waals surface area contributed by atoms with Gasteiger partial charge in [-0.2, -0.15) is 0 Å². The number of rotatable bonds is 5. The van der Waals surface area contributed by atoms with Gasteiger partial charge in [0, 0.05) is 18.1 Å². The molecule has 0 saturated carbocycles. The molecule has 1 N–H and O–H groups in total. The standard InChI is InChI=1S/C19H16ClNO5/c1-24-10-13-12-5-3-4-6-16(12)26-17(13)18(22)21-15-9-11(19(23)25-2)7-8-14(15)20/h3-9H,10H2,1-2H3,(H,21,22). The van der Waals surface area contributed by atoms with E-state index in [4.69, 9.17) is 20.8 Å². The summed E-state index contributed by atoms with van der Waals surface area (Å²) in [6.45, 7) is 0.218. The summed E-state index contributed by atoms with van der Waals surface area (Å²) in [5.74, 6) is -0.884. The minimum absolute atomic E-state index is 0.132. The van der Waals surface area contributed by atoms with Crippen LogP contribution in [0.25, 0.3) is 11.0 Å². The van der Waals surface area contributed by atoms with Gasteiger partial charge in [0.25, 0.3) is 5.91 Å². The largest absolute Gasteiger partial charge is 0.465 e. The summed E-state index contributed by atoms with van der Waals surface area (Å²) in [5, 5.41) is 3.76. The first-order chi connectivity index (χ1) is 12.5. The molecule has 1 aromatic heterocycles. The Hall–Kier alpha value is -2.83. The first-order valence-electron chi connectivity index (χ1n) is 7.73. The van der Waals surface area contributed by atoms with E-state index in [0.29, 0.717) is 11.1 Å². The van der Waals surface area contributed by atoms with E-state index in [9.17, 15) is 9.59 Å². The second-order valence-corrected chi connectivity index (χ2v) is 5.89. The minimum Gasteiger partial charge on any atom is -0.465 e. The van der Waals surface area contributed by atoms with Crippen molar-refractivity contribution >= 4 is 40.1 Å². The summed E-state index contributed by atoms with van der Waals surface area (Å²) in [7, 11) is 2.82. The van der Waals surface area contributed by atoms with Crippen molar-refractivity contribution < 1.29 is 23.5 Å². The molecule has 134 valence electrons. The fourth-order valence-corrected chi connectivity index (χ4v) is 2.78. The van der Waals surface area contributed by atoms with E-state index in [0.717, 1.165) is 5.39 Å². The van der Waals surface area contributed by atoms with Crippen molar-refractivity contribution in [1.29, 1.82) is 0 Å². The van der Waals surface area contributed by atoms with E-state index in [-0.39, 0.29) is 28.6 Å². The predicted octanol–water partition coefficient (Wildman–Crippen LogP) is 4.27. The lowest BCUT2D eigenvalue weighted by atomic mass is 10.1. The van der Waals surface area contributed by atoms with E-state index < -0.39 is 11.9 Å². The predicted molar refractivity (Wildman–Crippen MR) is 97.7 cm³/mol. The number of esters is 1. The van der Waals surface area contributed by atoms with Crippen molar-refractivity contribution in [2.45, 2.75) is 6.61 Å². The Balaban J connectivity index is 1.97. The van der Waals surface area contributed by atoms with Gasteiger partial charge >= 0.3 is 5.97 Å². The third-order valence-electron chi connectivity index (χ3n) is 3.83. The van der Waals surface area contributed by atoms with Crippen molar-refractivity contribution in [3.63, 3.8) is 0 Å². The van der Waals surface area contributed by atoms with Gasteiger partial charge in [0.1, 0.15) is 5.58 Å². The van der Waals surface area contributed by atoms with Crippen LogP contribution in [0.1, 0.15) is 26.5 Å². The zero-order chi connectivity index (χ0) is 18.7. The number of fused-ring (bicyclic) bond motifs is 1. The van der Waals surface area contributed by atoms with Gasteiger partial charge in [-0.05, 0) is 24.3 Å². The van der Waals surface area contributed by atoms with Crippen LogP contribution in [0.15, 0.2) is 46.9 Å². The summed E-state index contributed by atoms with van der Waals surface area (Å²) in [6, 6.07) is 11.8. The molecule has 0 fully saturated rings. The molecule has 0 unspecified atom stereocenters. The van der Waals surface area contributed by atoms with E-state index in [1.54, 1.807) is 13.2 Å². The van der Waals surface area contributed by atoms with Gasteiger partial charge in [0.05, 0.1) is 30.0 Å². The van der Waals surface area contributed by atoms with Gasteiger partial charge in [-0.25, -0.2) is 4.79 Å². The third kappa shape index (κ3) is 3.42. The molecule has 3 aromatic rings. The highest BCUT2D eigenvalue weighted by molar-refractivity contribution is 6.34. The van der Waals surface area contributed by atoms with Gasteiger partial charge in [0.15, 0.2) is 5.76 Å². The average Bonchev–Trinajstić information content (AvgIpc) is 3.02. The SMILES string of the molecule is COCc1c(C(=O)Nc2cc(C(=O)OC)ccc2Cl)oc2ccccc12. The molecular weight excluding hydrogens is 358 g/mol. The summed E-state index contributed by atoms with van der Waals surface area (Å²) < 4.78 is 15.6. The number of para-hydroxylation sites is 1. The quantitative estimate of drug-likeness (QED) is 0.676. The van der Waals surface area contributed by atoms with Crippen molar-refractivity contribution in [2.24, 2.45) is 0 Å². The molecule has 0 aliphatic rings. The molecule has 6 nitrogen and oxygen atoms in total. The van der Waals surface area contributed by atoms with E-state index >= 15 is 0 Å². The number of halogens is 1. The first-order valence-corrected chi connectivity index (χ1v) is 8.11. The van der Waals surface area contributed by atoms with Crippen molar-refractivity contribution in [1.82, 2.24) is 0 Å². The van der Waals surface area contributed by atoms with Crippen LogP contribution in [0.2, 0.25) is 5.02 Å². The molecule has 0 aliphatic carbocycles. The summed E-state index contributed by atoms with van der Waals surface area (Å²) in [4.78, 5) is 24.4. The topological polar surface area (TPSA) is 77.8 Å². The number of amides is 1. The van der Waals surface area contributed by atoms with Gasteiger partial charge in [-0.1, -0.05) is 29.8 Å². The minimum atomic E-state index is -0.527. The second kappa shape index (κ2) is 7.59. The van der Waals surface area contributed by atoms with E-state index in [2.05, 4.69) is 10.1 Å². The van der Waals surface area contributed by atoms with Crippen LogP contribution in [0.5, 0.6) is 0 Å².